The third kappa shape index (κ3) is 3.11. The molecule has 120 valence electrons. The summed E-state index contributed by atoms with van der Waals surface area (Å²) in [6.45, 7) is 3.24. The SMILES string of the molecule is Cc1c(C(=O)N2CC[C@H](C(=O)O)C2)cnn1Cc1ccccc1. The Labute approximate surface area is 134 Å². The third-order valence-electron chi connectivity index (χ3n) is 4.33. The highest BCUT2D eigenvalue weighted by molar-refractivity contribution is 5.95. The molecule has 2 heterocycles. The first-order valence-corrected chi connectivity index (χ1v) is 7.64. The summed E-state index contributed by atoms with van der Waals surface area (Å²) in [5, 5.41) is 13.4. The Morgan fingerprint density at radius 2 is 2.04 bits per heavy atom. The van der Waals surface area contributed by atoms with Crippen molar-refractivity contribution in [1.82, 2.24) is 14.7 Å². The lowest BCUT2D eigenvalue weighted by molar-refractivity contribution is -0.141. The second-order valence-corrected chi connectivity index (χ2v) is 5.86. The summed E-state index contributed by atoms with van der Waals surface area (Å²) in [6, 6.07) is 9.93. The van der Waals surface area contributed by atoms with Gasteiger partial charge < -0.3 is 10.0 Å². The van der Waals surface area contributed by atoms with E-state index in [1.165, 1.54) is 0 Å². The molecule has 6 heteroatoms. The highest BCUT2D eigenvalue weighted by Gasteiger charge is 2.32. The van der Waals surface area contributed by atoms with Crippen LogP contribution in [-0.2, 0) is 11.3 Å². The molecule has 1 fully saturated rings. The molecule has 0 aliphatic carbocycles. The summed E-state index contributed by atoms with van der Waals surface area (Å²) < 4.78 is 1.80. The van der Waals surface area contributed by atoms with Gasteiger partial charge in [-0.2, -0.15) is 5.10 Å². The predicted octanol–water partition coefficient (Wildman–Crippen LogP) is 1.79. The van der Waals surface area contributed by atoms with Crippen LogP contribution in [0.2, 0.25) is 0 Å². The van der Waals surface area contributed by atoms with E-state index in [2.05, 4.69) is 5.10 Å². The van der Waals surface area contributed by atoms with E-state index in [1.54, 1.807) is 15.8 Å². The normalized spacial score (nSPS) is 17.4. The molecule has 1 atom stereocenters. The van der Waals surface area contributed by atoms with Crippen LogP contribution in [0.1, 0.15) is 28.0 Å². The van der Waals surface area contributed by atoms with Crippen molar-refractivity contribution in [3.8, 4) is 0 Å². The van der Waals surface area contributed by atoms with Crippen LogP contribution in [0, 0.1) is 12.8 Å². The molecule has 1 N–H and O–H groups in total. The van der Waals surface area contributed by atoms with Crippen LogP contribution in [0.4, 0.5) is 0 Å². The summed E-state index contributed by atoms with van der Waals surface area (Å²) in [5.74, 6) is -1.43. The maximum atomic E-state index is 12.6. The van der Waals surface area contributed by atoms with E-state index >= 15 is 0 Å². The molecule has 2 aromatic rings. The van der Waals surface area contributed by atoms with E-state index in [1.807, 2.05) is 37.3 Å². The maximum Gasteiger partial charge on any atom is 0.308 e. The van der Waals surface area contributed by atoms with Gasteiger partial charge in [-0.3, -0.25) is 14.3 Å². The molecule has 1 saturated heterocycles. The summed E-state index contributed by atoms with van der Waals surface area (Å²) in [5.41, 5.74) is 2.47. The van der Waals surface area contributed by atoms with Crippen molar-refractivity contribution in [3.05, 3.63) is 53.3 Å². The molecule has 0 spiro atoms. The molecule has 3 rings (SSSR count). The number of aromatic nitrogens is 2. The largest absolute Gasteiger partial charge is 0.481 e. The monoisotopic (exact) mass is 313 g/mol. The van der Waals surface area contributed by atoms with E-state index in [4.69, 9.17) is 5.11 Å². The van der Waals surface area contributed by atoms with Crippen molar-refractivity contribution < 1.29 is 14.7 Å². The highest BCUT2D eigenvalue weighted by atomic mass is 16.4. The number of carbonyl (C=O) groups excluding carboxylic acids is 1. The summed E-state index contributed by atoms with van der Waals surface area (Å²) >= 11 is 0. The van der Waals surface area contributed by atoms with Gasteiger partial charge in [-0.15, -0.1) is 0 Å². The first-order chi connectivity index (χ1) is 11.1. The number of amides is 1. The number of aliphatic carboxylic acids is 1. The average Bonchev–Trinajstić information content (AvgIpc) is 3.16. The first kappa shape index (κ1) is 15.3. The topological polar surface area (TPSA) is 75.4 Å². The zero-order valence-electron chi connectivity index (χ0n) is 13.0. The fourth-order valence-corrected chi connectivity index (χ4v) is 2.89. The maximum absolute atomic E-state index is 12.6. The summed E-state index contributed by atoms with van der Waals surface area (Å²) in [4.78, 5) is 25.2. The Morgan fingerprint density at radius 1 is 1.30 bits per heavy atom. The van der Waals surface area contributed by atoms with E-state index in [-0.39, 0.29) is 12.5 Å². The zero-order valence-corrected chi connectivity index (χ0v) is 13.0. The average molecular weight is 313 g/mol. The number of rotatable bonds is 4. The lowest BCUT2D eigenvalue weighted by atomic mass is 10.1. The highest BCUT2D eigenvalue weighted by Crippen LogP contribution is 2.20. The Morgan fingerprint density at radius 3 is 2.70 bits per heavy atom. The number of likely N-dealkylation sites (tertiary alicyclic amines) is 1. The number of carboxylic acids is 1. The second-order valence-electron chi connectivity index (χ2n) is 5.86. The van der Waals surface area contributed by atoms with Crippen molar-refractivity contribution >= 4 is 11.9 Å². The first-order valence-electron chi connectivity index (χ1n) is 7.64. The van der Waals surface area contributed by atoms with Gasteiger partial charge >= 0.3 is 5.97 Å². The molecule has 6 nitrogen and oxygen atoms in total. The van der Waals surface area contributed by atoms with Gasteiger partial charge in [0.05, 0.1) is 24.2 Å². The van der Waals surface area contributed by atoms with Gasteiger partial charge in [-0.1, -0.05) is 30.3 Å². The lowest BCUT2D eigenvalue weighted by Gasteiger charge is -2.15. The number of carboxylic acid groups (broad SMARTS) is 1. The molecule has 0 radical (unpaired) electrons. The van der Waals surface area contributed by atoms with Crippen LogP contribution in [0.15, 0.2) is 36.5 Å². The Balaban J connectivity index is 1.74. The molecule has 1 aromatic carbocycles. The van der Waals surface area contributed by atoms with Crippen LogP contribution in [-0.4, -0.2) is 44.8 Å². The molecule has 1 amide bonds. The fraction of sp³-hybridized carbons (Fsp3) is 0.353. The van der Waals surface area contributed by atoms with Crippen LogP contribution >= 0.6 is 0 Å². The molecule has 0 unspecified atom stereocenters. The summed E-state index contributed by atoms with van der Waals surface area (Å²) in [6.07, 6.45) is 2.09. The minimum absolute atomic E-state index is 0.134. The Kier molecular flexibility index (Phi) is 4.14. The quantitative estimate of drug-likeness (QED) is 0.933. The molecule has 23 heavy (non-hydrogen) atoms. The van der Waals surface area contributed by atoms with Crippen molar-refractivity contribution in [2.75, 3.05) is 13.1 Å². The van der Waals surface area contributed by atoms with Crippen LogP contribution in [0.5, 0.6) is 0 Å². The Hall–Kier alpha value is -2.63. The van der Waals surface area contributed by atoms with Gasteiger partial charge in [0.25, 0.3) is 5.91 Å². The van der Waals surface area contributed by atoms with E-state index < -0.39 is 11.9 Å². The third-order valence-corrected chi connectivity index (χ3v) is 4.33. The molecule has 1 aromatic heterocycles. The number of carbonyl (C=O) groups is 2. The van der Waals surface area contributed by atoms with Gasteiger partial charge in [-0.05, 0) is 18.9 Å². The van der Waals surface area contributed by atoms with Crippen molar-refractivity contribution in [3.63, 3.8) is 0 Å². The molecule has 0 saturated carbocycles. The van der Waals surface area contributed by atoms with Crippen molar-refractivity contribution in [2.24, 2.45) is 5.92 Å². The van der Waals surface area contributed by atoms with Crippen LogP contribution < -0.4 is 0 Å². The standard InChI is InChI=1S/C17H19N3O3/c1-12-15(16(21)19-8-7-14(11-19)17(22)23)9-18-20(12)10-13-5-3-2-4-6-13/h2-6,9,14H,7-8,10-11H2,1H3,(H,22,23)/t14-/m0/s1. The number of hydrogen-bond donors (Lipinski definition) is 1. The van der Waals surface area contributed by atoms with Crippen molar-refractivity contribution in [2.45, 2.75) is 19.9 Å². The smallest absolute Gasteiger partial charge is 0.308 e. The van der Waals surface area contributed by atoms with Crippen LogP contribution in [0.3, 0.4) is 0 Å². The van der Waals surface area contributed by atoms with E-state index in [0.717, 1.165) is 11.3 Å². The molecular formula is C17H19N3O3. The molecule has 0 bridgehead atoms. The van der Waals surface area contributed by atoms with E-state index in [0.29, 0.717) is 25.1 Å². The number of benzene rings is 1. The lowest BCUT2D eigenvalue weighted by Crippen LogP contribution is -2.30. The molecular weight excluding hydrogens is 294 g/mol. The van der Waals surface area contributed by atoms with Crippen molar-refractivity contribution in [1.29, 1.82) is 0 Å². The number of nitrogens with zero attached hydrogens (tertiary/aromatic N) is 3. The van der Waals surface area contributed by atoms with Gasteiger partial charge in [0.15, 0.2) is 0 Å². The predicted molar refractivity (Wildman–Crippen MR) is 84.2 cm³/mol. The number of hydrogen-bond acceptors (Lipinski definition) is 3. The summed E-state index contributed by atoms with van der Waals surface area (Å²) in [7, 11) is 0. The van der Waals surface area contributed by atoms with Gasteiger partial charge in [0.2, 0.25) is 0 Å². The minimum Gasteiger partial charge on any atom is -0.481 e. The van der Waals surface area contributed by atoms with Gasteiger partial charge in [-0.25, -0.2) is 0 Å². The Bertz CT molecular complexity index is 724. The van der Waals surface area contributed by atoms with Gasteiger partial charge in [0, 0.05) is 18.8 Å². The van der Waals surface area contributed by atoms with Gasteiger partial charge in [0.1, 0.15) is 0 Å². The van der Waals surface area contributed by atoms with E-state index in [9.17, 15) is 9.59 Å². The molecule has 1 aliphatic heterocycles. The van der Waals surface area contributed by atoms with Crippen LogP contribution in [0.25, 0.3) is 0 Å². The minimum atomic E-state index is -0.836. The molecule has 1 aliphatic rings. The zero-order chi connectivity index (χ0) is 16.4. The second kappa shape index (κ2) is 6.24. The fourth-order valence-electron chi connectivity index (χ4n) is 2.89.